The topological polar surface area (TPSA) is 58.2 Å². The molecule has 0 bridgehead atoms. The van der Waals surface area contributed by atoms with E-state index in [1.54, 1.807) is 24.3 Å². The number of hydrogen-bond donors (Lipinski definition) is 2. The van der Waals surface area contributed by atoms with Crippen LogP contribution in [0.5, 0.6) is 0 Å². The van der Waals surface area contributed by atoms with Gasteiger partial charge in [0.05, 0.1) is 0 Å². The van der Waals surface area contributed by atoms with E-state index in [4.69, 9.17) is 0 Å². The van der Waals surface area contributed by atoms with Crippen LogP contribution in [0.15, 0.2) is 24.3 Å². The summed E-state index contributed by atoms with van der Waals surface area (Å²) in [5.41, 5.74) is 0.560. The van der Waals surface area contributed by atoms with Gasteiger partial charge in [0.1, 0.15) is 0 Å². The number of hydrogen-bond acceptors (Lipinski definition) is 2. The number of amides is 2. The van der Waals surface area contributed by atoms with Crippen LogP contribution in [0.25, 0.3) is 0 Å². The molecule has 4 nitrogen and oxygen atoms in total. The van der Waals surface area contributed by atoms with Gasteiger partial charge in [-0.05, 0) is 45.0 Å². The molecule has 0 fully saturated rings. The van der Waals surface area contributed by atoms with E-state index in [9.17, 15) is 9.59 Å². The molecular weight excluding hydrogens is 252 g/mol. The van der Waals surface area contributed by atoms with Crippen LogP contribution in [0.4, 0.5) is 5.69 Å². The highest BCUT2D eigenvalue weighted by molar-refractivity contribution is 5.97. The lowest BCUT2D eigenvalue weighted by molar-refractivity contribution is -0.123. The van der Waals surface area contributed by atoms with E-state index in [2.05, 4.69) is 10.6 Å². The van der Waals surface area contributed by atoms with Crippen molar-refractivity contribution in [3.8, 4) is 0 Å². The lowest BCUT2D eigenvalue weighted by Crippen LogP contribution is -2.40. The zero-order valence-corrected chi connectivity index (χ0v) is 13.1. The summed E-state index contributed by atoms with van der Waals surface area (Å²) in [5.74, 6) is -0.171. The van der Waals surface area contributed by atoms with E-state index >= 15 is 0 Å². The van der Waals surface area contributed by atoms with Gasteiger partial charge in [-0.3, -0.25) is 9.59 Å². The summed E-state index contributed by atoms with van der Waals surface area (Å²) in [4.78, 5) is 23.8. The van der Waals surface area contributed by atoms with Gasteiger partial charge in [0.15, 0.2) is 0 Å². The Hall–Kier alpha value is -1.84. The first-order valence-corrected chi connectivity index (χ1v) is 6.73. The molecule has 0 radical (unpaired) electrons. The Bertz CT molecular complexity index is 491. The molecule has 20 heavy (non-hydrogen) atoms. The summed E-state index contributed by atoms with van der Waals surface area (Å²) in [6, 6.07) is 6.89. The summed E-state index contributed by atoms with van der Waals surface area (Å²) in [6.07, 6.45) is 0. The molecule has 0 atom stereocenters. The molecule has 0 aromatic heterocycles. The smallest absolute Gasteiger partial charge is 0.251 e. The van der Waals surface area contributed by atoms with Gasteiger partial charge in [-0.1, -0.05) is 20.8 Å². The molecule has 0 saturated heterocycles. The summed E-state index contributed by atoms with van der Waals surface area (Å²) in [5, 5.41) is 5.72. The third-order valence-corrected chi connectivity index (χ3v) is 2.57. The SMILES string of the molecule is CC(C)(C)NC(=O)c1ccc(NC(=O)C(C)(C)C)cc1. The van der Waals surface area contributed by atoms with E-state index in [1.165, 1.54) is 0 Å². The van der Waals surface area contributed by atoms with Crippen LogP contribution >= 0.6 is 0 Å². The second-order valence-electron chi connectivity index (χ2n) is 6.99. The van der Waals surface area contributed by atoms with Crippen LogP contribution in [0.1, 0.15) is 51.9 Å². The predicted molar refractivity (Wildman–Crippen MR) is 81.7 cm³/mol. The molecular formula is C16H24N2O2. The zero-order chi connectivity index (χ0) is 15.6. The normalized spacial score (nSPS) is 11.9. The fourth-order valence-electron chi connectivity index (χ4n) is 1.44. The third-order valence-electron chi connectivity index (χ3n) is 2.57. The molecule has 0 saturated carbocycles. The minimum Gasteiger partial charge on any atom is -0.347 e. The summed E-state index contributed by atoms with van der Waals surface area (Å²) >= 11 is 0. The maximum Gasteiger partial charge on any atom is 0.251 e. The third kappa shape index (κ3) is 5.03. The van der Waals surface area contributed by atoms with Crippen molar-refractivity contribution in [1.29, 1.82) is 0 Å². The highest BCUT2D eigenvalue weighted by Gasteiger charge is 2.21. The predicted octanol–water partition coefficient (Wildman–Crippen LogP) is 3.20. The highest BCUT2D eigenvalue weighted by Crippen LogP contribution is 2.18. The van der Waals surface area contributed by atoms with Crippen molar-refractivity contribution in [1.82, 2.24) is 5.32 Å². The maximum absolute atomic E-state index is 12.0. The van der Waals surface area contributed by atoms with Gasteiger partial charge in [-0.15, -0.1) is 0 Å². The molecule has 1 aromatic rings. The maximum atomic E-state index is 12.0. The number of benzene rings is 1. The lowest BCUT2D eigenvalue weighted by Gasteiger charge is -2.21. The van der Waals surface area contributed by atoms with Crippen LogP contribution in [0.3, 0.4) is 0 Å². The van der Waals surface area contributed by atoms with Crippen molar-refractivity contribution in [2.75, 3.05) is 5.32 Å². The van der Waals surface area contributed by atoms with Crippen LogP contribution < -0.4 is 10.6 Å². The monoisotopic (exact) mass is 276 g/mol. The molecule has 0 aliphatic heterocycles. The standard InChI is InChI=1S/C16H24N2O2/c1-15(2,3)14(20)17-12-9-7-11(8-10-12)13(19)18-16(4,5)6/h7-10H,1-6H3,(H,17,20)(H,18,19). The van der Waals surface area contributed by atoms with Gasteiger partial charge in [0.2, 0.25) is 5.91 Å². The minimum absolute atomic E-state index is 0.0515. The van der Waals surface area contributed by atoms with Crippen LogP contribution in [0.2, 0.25) is 0 Å². The number of anilines is 1. The number of rotatable bonds is 2. The van der Waals surface area contributed by atoms with Crippen LogP contribution in [0, 0.1) is 5.41 Å². The Morgan fingerprint density at radius 2 is 1.40 bits per heavy atom. The fourth-order valence-corrected chi connectivity index (χ4v) is 1.44. The van der Waals surface area contributed by atoms with E-state index < -0.39 is 5.41 Å². The van der Waals surface area contributed by atoms with Crippen LogP contribution in [-0.4, -0.2) is 17.4 Å². The van der Waals surface area contributed by atoms with Gasteiger partial charge in [0.25, 0.3) is 5.91 Å². The molecule has 0 aliphatic rings. The fraction of sp³-hybridized carbons (Fsp3) is 0.500. The van der Waals surface area contributed by atoms with Gasteiger partial charge in [-0.2, -0.15) is 0 Å². The Kier molecular flexibility index (Phi) is 4.58. The second-order valence-corrected chi connectivity index (χ2v) is 6.99. The first-order valence-electron chi connectivity index (χ1n) is 6.73. The molecule has 2 N–H and O–H groups in total. The van der Waals surface area contributed by atoms with Crippen molar-refractivity contribution in [3.05, 3.63) is 29.8 Å². The number of carbonyl (C=O) groups excluding carboxylic acids is 2. The second kappa shape index (κ2) is 5.65. The summed E-state index contributed by atoms with van der Waals surface area (Å²) in [6.45, 7) is 11.4. The Balaban J connectivity index is 2.75. The van der Waals surface area contributed by atoms with Crippen molar-refractivity contribution in [2.45, 2.75) is 47.1 Å². The zero-order valence-electron chi connectivity index (χ0n) is 13.1. The van der Waals surface area contributed by atoms with E-state index in [1.807, 2.05) is 41.5 Å². The molecule has 0 aliphatic carbocycles. The Labute approximate surface area is 121 Å². The first kappa shape index (κ1) is 16.2. The molecule has 4 heteroatoms. The highest BCUT2D eigenvalue weighted by atomic mass is 16.2. The van der Waals surface area contributed by atoms with Gasteiger partial charge >= 0.3 is 0 Å². The van der Waals surface area contributed by atoms with E-state index in [0.29, 0.717) is 11.3 Å². The molecule has 0 spiro atoms. The summed E-state index contributed by atoms with van der Waals surface area (Å²) < 4.78 is 0. The van der Waals surface area contributed by atoms with E-state index in [0.717, 1.165) is 0 Å². The molecule has 2 amide bonds. The Morgan fingerprint density at radius 3 is 1.80 bits per heavy atom. The lowest BCUT2D eigenvalue weighted by atomic mass is 9.95. The minimum atomic E-state index is -0.442. The van der Waals surface area contributed by atoms with E-state index in [-0.39, 0.29) is 17.4 Å². The van der Waals surface area contributed by atoms with Crippen molar-refractivity contribution in [2.24, 2.45) is 5.41 Å². The quantitative estimate of drug-likeness (QED) is 0.871. The number of nitrogens with one attached hydrogen (secondary N) is 2. The molecule has 0 unspecified atom stereocenters. The first-order chi connectivity index (χ1) is 8.99. The van der Waals surface area contributed by atoms with Crippen molar-refractivity contribution >= 4 is 17.5 Å². The number of carbonyl (C=O) groups is 2. The van der Waals surface area contributed by atoms with Crippen molar-refractivity contribution in [3.63, 3.8) is 0 Å². The summed E-state index contributed by atoms with van der Waals surface area (Å²) in [7, 11) is 0. The van der Waals surface area contributed by atoms with Crippen LogP contribution in [-0.2, 0) is 4.79 Å². The molecule has 1 aromatic carbocycles. The average molecular weight is 276 g/mol. The molecule has 0 heterocycles. The molecule has 110 valence electrons. The molecule has 1 rings (SSSR count). The Morgan fingerprint density at radius 1 is 0.900 bits per heavy atom. The largest absolute Gasteiger partial charge is 0.347 e. The van der Waals surface area contributed by atoms with Crippen molar-refractivity contribution < 1.29 is 9.59 Å². The van der Waals surface area contributed by atoms with Gasteiger partial charge in [0, 0.05) is 22.2 Å². The van der Waals surface area contributed by atoms with Gasteiger partial charge < -0.3 is 10.6 Å². The van der Waals surface area contributed by atoms with Gasteiger partial charge in [-0.25, -0.2) is 0 Å². The average Bonchev–Trinajstić information content (AvgIpc) is 2.26.